The smallest absolute Gasteiger partial charge is 0.330 e. The fraction of sp³-hybridized carbons (Fsp3) is 0.571. The Bertz CT molecular complexity index is 321. The van der Waals surface area contributed by atoms with Gasteiger partial charge in [-0.25, -0.2) is 4.79 Å². The second-order valence-electron chi connectivity index (χ2n) is 5.03. The highest BCUT2D eigenvalue weighted by Crippen LogP contribution is 1.91. The second kappa shape index (κ2) is 13.1. The lowest BCUT2D eigenvalue weighted by Gasteiger charge is -2.21. The SMILES string of the molecule is C=C(C)C(=O)O.C=C(CC)C(=O)[O-].C[N+](C)(C)CCI. The first kappa shape index (κ1) is 24.1. The van der Waals surface area contributed by atoms with E-state index in [-0.39, 0.29) is 11.1 Å². The summed E-state index contributed by atoms with van der Waals surface area (Å²) in [6.07, 6.45) is 0.461. The van der Waals surface area contributed by atoms with Gasteiger partial charge in [-0.3, -0.25) is 0 Å². The zero-order valence-electron chi connectivity index (χ0n) is 13.0. The number of hydrogen-bond donors (Lipinski definition) is 1. The van der Waals surface area contributed by atoms with Crippen LogP contribution >= 0.6 is 22.6 Å². The summed E-state index contributed by atoms with van der Waals surface area (Å²) in [4.78, 5) is 19.3. The Morgan fingerprint density at radius 1 is 1.25 bits per heavy atom. The van der Waals surface area contributed by atoms with Gasteiger partial charge < -0.3 is 19.5 Å². The van der Waals surface area contributed by atoms with Crippen molar-refractivity contribution in [2.75, 3.05) is 32.1 Å². The van der Waals surface area contributed by atoms with E-state index < -0.39 is 11.9 Å². The molecule has 0 fully saturated rings. The number of quaternary nitrogens is 1. The van der Waals surface area contributed by atoms with E-state index in [4.69, 9.17) is 5.11 Å². The standard InChI is InChI=1S/C5H13IN.C5H8O2.C4H6O2/c1-7(2,3)5-4-6;1-3-4(2)5(6)7;1-3(2)4(5)6/h4-5H2,1-3H3;2-3H2,1H3,(H,6,7);1H2,2H3,(H,5,6)/q+1;;/p-1. The molecule has 1 N–H and O–H groups in total. The molecule has 0 radical (unpaired) electrons. The molecular formula is C14H26INO4. The average molecular weight is 399 g/mol. The molecule has 118 valence electrons. The lowest BCUT2D eigenvalue weighted by Crippen LogP contribution is -2.35. The van der Waals surface area contributed by atoms with Gasteiger partial charge in [0.15, 0.2) is 0 Å². The molecule has 0 unspecified atom stereocenters. The van der Waals surface area contributed by atoms with Crippen molar-refractivity contribution in [1.82, 2.24) is 0 Å². The molecular weight excluding hydrogens is 373 g/mol. The number of nitrogens with zero attached hydrogens (tertiary/aromatic N) is 1. The number of carbonyl (C=O) groups excluding carboxylic acids is 1. The first-order valence-electron chi connectivity index (χ1n) is 6.03. The Morgan fingerprint density at radius 3 is 1.60 bits per heavy atom. The molecule has 0 spiro atoms. The molecule has 0 aromatic rings. The fourth-order valence-electron chi connectivity index (χ4n) is 0.398. The summed E-state index contributed by atoms with van der Waals surface area (Å²) in [5, 5.41) is 17.6. The highest BCUT2D eigenvalue weighted by atomic mass is 127. The molecule has 0 aromatic carbocycles. The van der Waals surface area contributed by atoms with Gasteiger partial charge in [0.25, 0.3) is 0 Å². The van der Waals surface area contributed by atoms with Gasteiger partial charge in [0.05, 0.1) is 33.7 Å². The summed E-state index contributed by atoms with van der Waals surface area (Å²) in [5.41, 5.74) is 0.329. The molecule has 0 aliphatic heterocycles. The summed E-state index contributed by atoms with van der Waals surface area (Å²) >= 11 is 2.40. The Hall–Kier alpha value is -0.890. The van der Waals surface area contributed by atoms with Crippen LogP contribution in [-0.4, -0.2) is 53.6 Å². The van der Waals surface area contributed by atoms with Crippen LogP contribution in [0.5, 0.6) is 0 Å². The lowest BCUT2D eigenvalue weighted by atomic mass is 10.2. The minimum atomic E-state index is -1.15. The van der Waals surface area contributed by atoms with E-state index in [0.29, 0.717) is 6.42 Å². The molecule has 0 aliphatic rings. The summed E-state index contributed by atoms with van der Waals surface area (Å²) in [6.45, 7) is 10.8. The minimum Gasteiger partial charge on any atom is -0.545 e. The number of aliphatic carboxylic acids is 2. The van der Waals surface area contributed by atoms with Gasteiger partial charge in [-0.05, 0) is 18.9 Å². The molecule has 0 saturated carbocycles. The zero-order chi connectivity index (χ0) is 16.9. The van der Waals surface area contributed by atoms with Crippen molar-refractivity contribution in [3.63, 3.8) is 0 Å². The highest BCUT2D eigenvalue weighted by Gasteiger charge is 2.02. The first-order chi connectivity index (χ1) is 8.88. The topological polar surface area (TPSA) is 77.4 Å². The van der Waals surface area contributed by atoms with E-state index in [1.165, 1.54) is 17.9 Å². The van der Waals surface area contributed by atoms with Crippen molar-refractivity contribution in [3.05, 3.63) is 24.3 Å². The van der Waals surface area contributed by atoms with Crippen molar-refractivity contribution in [2.45, 2.75) is 20.3 Å². The van der Waals surface area contributed by atoms with Crippen LogP contribution in [-0.2, 0) is 9.59 Å². The Kier molecular flexibility index (Phi) is 15.8. The van der Waals surface area contributed by atoms with Crippen molar-refractivity contribution in [2.24, 2.45) is 0 Å². The molecule has 20 heavy (non-hydrogen) atoms. The average Bonchev–Trinajstić information content (AvgIpc) is 2.27. The van der Waals surface area contributed by atoms with Crippen LogP contribution in [0.2, 0.25) is 0 Å². The number of carboxylic acid groups (broad SMARTS) is 2. The molecule has 0 atom stereocenters. The van der Waals surface area contributed by atoms with Gasteiger partial charge in [0.2, 0.25) is 0 Å². The zero-order valence-corrected chi connectivity index (χ0v) is 15.2. The van der Waals surface area contributed by atoms with Crippen LogP contribution in [0.25, 0.3) is 0 Å². The van der Waals surface area contributed by atoms with Gasteiger partial charge in [-0.1, -0.05) is 42.7 Å². The predicted molar refractivity (Wildman–Crippen MR) is 88.7 cm³/mol. The lowest BCUT2D eigenvalue weighted by molar-refractivity contribution is -0.867. The molecule has 0 aliphatic carbocycles. The third-order valence-electron chi connectivity index (χ3n) is 1.84. The summed E-state index contributed by atoms with van der Waals surface area (Å²) in [6, 6.07) is 0. The van der Waals surface area contributed by atoms with E-state index in [1.54, 1.807) is 6.92 Å². The number of carboxylic acids is 2. The maximum atomic E-state index is 9.72. The van der Waals surface area contributed by atoms with Crippen LogP contribution in [0, 0.1) is 0 Å². The molecule has 5 nitrogen and oxygen atoms in total. The number of hydrogen-bond acceptors (Lipinski definition) is 3. The predicted octanol–water partition coefficient (Wildman–Crippen LogP) is 1.48. The highest BCUT2D eigenvalue weighted by molar-refractivity contribution is 14.1. The van der Waals surface area contributed by atoms with Gasteiger partial charge >= 0.3 is 5.97 Å². The quantitative estimate of drug-likeness (QED) is 0.329. The van der Waals surface area contributed by atoms with Gasteiger partial charge in [0.1, 0.15) is 0 Å². The molecule has 0 rings (SSSR count). The molecule has 0 bridgehead atoms. The Morgan fingerprint density at radius 2 is 1.60 bits per heavy atom. The van der Waals surface area contributed by atoms with Crippen molar-refractivity contribution in [3.8, 4) is 0 Å². The molecule has 0 heterocycles. The van der Waals surface area contributed by atoms with E-state index in [0.717, 1.165) is 4.48 Å². The van der Waals surface area contributed by atoms with E-state index in [1.807, 2.05) is 0 Å². The first-order valence-corrected chi connectivity index (χ1v) is 7.55. The molecule has 0 saturated heterocycles. The van der Waals surface area contributed by atoms with Crippen LogP contribution < -0.4 is 5.11 Å². The van der Waals surface area contributed by atoms with Crippen LogP contribution in [0.4, 0.5) is 0 Å². The fourth-order valence-corrected chi connectivity index (χ4v) is 1.85. The second-order valence-corrected chi connectivity index (χ2v) is 6.11. The van der Waals surface area contributed by atoms with E-state index >= 15 is 0 Å². The third-order valence-corrected chi connectivity index (χ3v) is 2.32. The van der Waals surface area contributed by atoms with Crippen LogP contribution in [0.1, 0.15) is 20.3 Å². The number of rotatable bonds is 5. The van der Waals surface area contributed by atoms with Crippen molar-refractivity contribution >= 4 is 34.5 Å². The summed E-state index contributed by atoms with van der Waals surface area (Å²) < 4.78 is 2.34. The number of alkyl halides is 1. The van der Waals surface area contributed by atoms with Crippen molar-refractivity contribution in [1.29, 1.82) is 0 Å². The number of carbonyl (C=O) groups is 2. The van der Waals surface area contributed by atoms with E-state index in [2.05, 4.69) is 56.9 Å². The summed E-state index contributed by atoms with van der Waals surface area (Å²) in [7, 11) is 6.62. The minimum absolute atomic E-state index is 0.153. The monoisotopic (exact) mass is 399 g/mol. The van der Waals surface area contributed by atoms with Crippen molar-refractivity contribution < 1.29 is 24.3 Å². The Balaban J connectivity index is -0.000000218. The molecule has 6 heteroatoms. The van der Waals surface area contributed by atoms with Crippen LogP contribution in [0.3, 0.4) is 0 Å². The Labute approximate surface area is 135 Å². The van der Waals surface area contributed by atoms with Crippen LogP contribution in [0.15, 0.2) is 24.3 Å². The summed E-state index contributed by atoms with van der Waals surface area (Å²) in [5.74, 6) is -2.09. The maximum Gasteiger partial charge on any atom is 0.330 e. The molecule has 0 aromatic heterocycles. The maximum absolute atomic E-state index is 9.72. The molecule has 0 amide bonds. The normalized spacial score (nSPS) is 9.30. The third kappa shape index (κ3) is 25.8. The van der Waals surface area contributed by atoms with Gasteiger partial charge in [-0.2, -0.15) is 0 Å². The largest absolute Gasteiger partial charge is 0.545 e. The van der Waals surface area contributed by atoms with Gasteiger partial charge in [0, 0.05) is 10.0 Å². The van der Waals surface area contributed by atoms with Gasteiger partial charge in [-0.15, -0.1) is 0 Å². The van der Waals surface area contributed by atoms with E-state index in [9.17, 15) is 14.7 Å². The number of halogens is 1.